The average molecular weight is 458 g/mol. The van der Waals surface area contributed by atoms with Crippen LogP contribution in [0, 0.1) is 4.77 Å². The molecule has 0 bridgehead atoms. The Bertz CT molecular complexity index is 1550. The van der Waals surface area contributed by atoms with Crippen LogP contribution in [0.3, 0.4) is 0 Å². The van der Waals surface area contributed by atoms with Gasteiger partial charge in [0.2, 0.25) is 0 Å². The van der Waals surface area contributed by atoms with Crippen molar-refractivity contribution in [2.24, 2.45) is 0 Å². The van der Waals surface area contributed by atoms with Gasteiger partial charge < -0.3 is 18.9 Å². The minimum Gasteiger partial charge on any atom is -0.497 e. The van der Waals surface area contributed by atoms with E-state index in [0.717, 1.165) is 11.3 Å². The van der Waals surface area contributed by atoms with Gasteiger partial charge in [0.05, 0.1) is 37.3 Å². The third kappa shape index (κ3) is 3.70. The number of hydrogen-bond acceptors (Lipinski definition) is 6. The molecule has 3 aromatic heterocycles. The molecule has 0 unspecified atom stereocenters. The molecule has 0 saturated heterocycles. The van der Waals surface area contributed by atoms with Crippen LogP contribution in [0.15, 0.2) is 82.2 Å². The van der Waals surface area contributed by atoms with Crippen LogP contribution in [0.4, 0.5) is 0 Å². The Balaban J connectivity index is 1.79. The van der Waals surface area contributed by atoms with E-state index in [4.69, 9.17) is 31.1 Å². The number of nitrogens with one attached hydrogen (secondary N) is 1. The number of nitrogens with zero attached hydrogens (tertiary/aromatic N) is 2. The highest BCUT2D eigenvalue weighted by molar-refractivity contribution is 7.71. The fourth-order valence-electron chi connectivity index (χ4n) is 3.71. The van der Waals surface area contributed by atoms with E-state index in [2.05, 4.69) is 4.98 Å². The summed E-state index contributed by atoms with van der Waals surface area (Å²) >= 11 is 5.54. The molecular weight excluding hydrogens is 438 g/mol. The van der Waals surface area contributed by atoms with Gasteiger partial charge in [-0.2, -0.15) is 0 Å². The second-order valence-corrected chi connectivity index (χ2v) is 7.64. The van der Waals surface area contributed by atoms with Gasteiger partial charge in [-0.1, -0.05) is 0 Å². The molecule has 0 aliphatic carbocycles. The van der Waals surface area contributed by atoms with E-state index in [0.29, 0.717) is 39.5 Å². The summed E-state index contributed by atoms with van der Waals surface area (Å²) < 4.78 is 17.8. The zero-order valence-corrected chi connectivity index (χ0v) is 18.7. The van der Waals surface area contributed by atoms with E-state index in [1.54, 1.807) is 50.8 Å². The first-order chi connectivity index (χ1) is 16.1. The molecule has 0 amide bonds. The van der Waals surface area contributed by atoms with Crippen LogP contribution in [-0.4, -0.2) is 28.8 Å². The zero-order valence-electron chi connectivity index (χ0n) is 17.9. The first-order valence-electron chi connectivity index (χ1n) is 10.1. The smallest absolute Gasteiger partial charge is 0.269 e. The molecule has 2 aromatic carbocycles. The number of hydrogen-bond donors (Lipinski definition) is 1. The maximum atomic E-state index is 13.7. The SMILES string of the molecule is COc1ccc(-c2cc(-c3ccco3)c3c(=O)n(-c4ccc(OC)cc4)c(=S)[nH]c3n2)cc1. The molecule has 5 rings (SSSR count). The third-order valence-corrected chi connectivity index (χ3v) is 5.65. The number of methoxy groups -OCH3 is 2. The van der Waals surface area contributed by atoms with Crippen molar-refractivity contribution in [2.45, 2.75) is 0 Å². The fraction of sp³-hybridized carbons (Fsp3) is 0.0800. The number of fused-ring (bicyclic) bond motifs is 1. The summed E-state index contributed by atoms with van der Waals surface area (Å²) in [5.41, 5.74) is 2.87. The maximum Gasteiger partial charge on any atom is 0.269 e. The first kappa shape index (κ1) is 20.7. The number of pyridine rings is 1. The Hall–Kier alpha value is -4.17. The molecular formula is C25H19N3O4S. The summed E-state index contributed by atoms with van der Waals surface area (Å²) in [4.78, 5) is 21.5. The minimum atomic E-state index is -0.293. The predicted molar refractivity (Wildman–Crippen MR) is 129 cm³/mol. The molecule has 0 aliphatic heterocycles. The molecule has 5 aromatic rings. The highest BCUT2D eigenvalue weighted by atomic mass is 32.1. The predicted octanol–water partition coefficient (Wildman–Crippen LogP) is 5.39. The lowest BCUT2D eigenvalue weighted by molar-refractivity contribution is 0.414. The van der Waals surface area contributed by atoms with Gasteiger partial charge >= 0.3 is 0 Å². The van der Waals surface area contributed by atoms with E-state index in [1.807, 2.05) is 36.4 Å². The van der Waals surface area contributed by atoms with Crippen molar-refractivity contribution in [3.63, 3.8) is 0 Å². The van der Waals surface area contributed by atoms with Crippen molar-refractivity contribution < 1.29 is 13.9 Å². The number of benzene rings is 2. The van der Waals surface area contributed by atoms with Crippen LogP contribution < -0.4 is 15.0 Å². The van der Waals surface area contributed by atoms with Crippen LogP contribution in [0.2, 0.25) is 0 Å². The largest absolute Gasteiger partial charge is 0.497 e. The molecule has 3 heterocycles. The molecule has 33 heavy (non-hydrogen) atoms. The summed E-state index contributed by atoms with van der Waals surface area (Å²) in [6, 6.07) is 20.1. The monoisotopic (exact) mass is 457 g/mol. The highest BCUT2D eigenvalue weighted by Crippen LogP contribution is 2.31. The fourth-order valence-corrected chi connectivity index (χ4v) is 4.00. The Morgan fingerprint density at radius 3 is 2.24 bits per heavy atom. The maximum absolute atomic E-state index is 13.7. The molecule has 0 atom stereocenters. The molecule has 7 nitrogen and oxygen atoms in total. The standard InChI is InChI=1S/C25H19N3O4S/c1-30-17-9-5-15(6-10-17)20-14-19(21-4-3-13-32-21)22-23(26-20)27-25(33)28(24(22)29)16-7-11-18(31-2)12-8-16/h3-14H,1-2H3,(H,26,27,33). The molecule has 8 heteroatoms. The quantitative estimate of drug-likeness (QED) is 0.357. The van der Waals surface area contributed by atoms with Gasteiger partial charge in [0.15, 0.2) is 4.77 Å². The van der Waals surface area contributed by atoms with Crippen molar-refractivity contribution in [3.8, 4) is 39.8 Å². The van der Waals surface area contributed by atoms with E-state index in [9.17, 15) is 4.79 Å². The Labute approximate surface area is 193 Å². The lowest BCUT2D eigenvalue weighted by Crippen LogP contribution is -2.21. The molecule has 0 spiro atoms. The van der Waals surface area contributed by atoms with Gasteiger partial charge in [0, 0.05) is 11.1 Å². The molecule has 0 radical (unpaired) electrons. The number of furan rings is 1. The number of rotatable bonds is 5. The van der Waals surface area contributed by atoms with Gasteiger partial charge in [0.25, 0.3) is 5.56 Å². The van der Waals surface area contributed by atoms with Crippen molar-refractivity contribution in [2.75, 3.05) is 14.2 Å². The lowest BCUT2D eigenvalue weighted by Gasteiger charge is -2.12. The Morgan fingerprint density at radius 2 is 1.64 bits per heavy atom. The van der Waals surface area contributed by atoms with E-state index in [-0.39, 0.29) is 10.3 Å². The van der Waals surface area contributed by atoms with Gasteiger partial charge in [-0.3, -0.25) is 9.36 Å². The lowest BCUT2D eigenvalue weighted by atomic mass is 10.0. The van der Waals surface area contributed by atoms with Crippen LogP contribution >= 0.6 is 12.2 Å². The summed E-state index contributed by atoms with van der Waals surface area (Å²) in [7, 11) is 3.21. The van der Waals surface area contributed by atoms with Crippen LogP contribution in [0.5, 0.6) is 11.5 Å². The Morgan fingerprint density at radius 1 is 0.970 bits per heavy atom. The zero-order chi connectivity index (χ0) is 22.9. The summed E-state index contributed by atoms with van der Waals surface area (Å²) in [6.07, 6.45) is 1.57. The molecule has 1 N–H and O–H groups in total. The van der Waals surface area contributed by atoms with Crippen LogP contribution in [-0.2, 0) is 0 Å². The average Bonchev–Trinajstić information content (AvgIpc) is 3.39. The number of ether oxygens (including phenoxy) is 2. The van der Waals surface area contributed by atoms with Crippen molar-refractivity contribution in [3.05, 3.63) is 88.1 Å². The van der Waals surface area contributed by atoms with Gasteiger partial charge in [-0.05, 0) is 78.9 Å². The molecule has 0 saturated carbocycles. The number of H-pyrrole nitrogens is 1. The van der Waals surface area contributed by atoms with E-state index in [1.165, 1.54) is 4.57 Å². The van der Waals surface area contributed by atoms with Gasteiger partial charge in [0.1, 0.15) is 22.9 Å². The highest BCUT2D eigenvalue weighted by Gasteiger charge is 2.18. The van der Waals surface area contributed by atoms with Crippen LogP contribution in [0.1, 0.15) is 0 Å². The third-order valence-electron chi connectivity index (χ3n) is 5.37. The normalized spacial score (nSPS) is 11.0. The van der Waals surface area contributed by atoms with E-state index >= 15 is 0 Å². The van der Waals surface area contributed by atoms with Crippen LogP contribution in [0.25, 0.3) is 39.3 Å². The summed E-state index contributed by atoms with van der Waals surface area (Å²) in [6.45, 7) is 0. The minimum absolute atomic E-state index is 0.238. The topological polar surface area (TPSA) is 82.3 Å². The summed E-state index contributed by atoms with van der Waals surface area (Å²) in [5, 5.41) is 0.381. The van der Waals surface area contributed by atoms with Crippen molar-refractivity contribution in [1.82, 2.24) is 14.5 Å². The second kappa shape index (κ2) is 8.40. The summed E-state index contributed by atoms with van der Waals surface area (Å²) in [5.74, 6) is 1.98. The first-order valence-corrected chi connectivity index (χ1v) is 10.5. The number of aromatic nitrogens is 3. The van der Waals surface area contributed by atoms with Gasteiger partial charge in [-0.25, -0.2) is 4.98 Å². The van der Waals surface area contributed by atoms with Gasteiger partial charge in [-0.15, -0.1) is 0 Å². The molecule has 164 valence electrons. The molecule has 0 fully saturated rings. The van der Waals surface area contributed by atoms with Crippen molar-refractivity contribution in [1.29, 1.82) is 0 Å². The molecule has 0 aliphatic rings. The number of aromatic amines is 1. The van der Waals surface area contributed by atoms with E-state index < -0.39 is 0 Å². The second-order valence-electron chi connectivity index (χ2n) is 7.25. The Kier molecular flexibility index (Phi) is 5.27. The van der Waals surface area contributed by atoms with Crippen molar-refractivity contribution >= 4 is 23.3 Å².